The van der Waals surface area contributed by atoms with Crippen LogP contribution in [-0.2, 0) is 34.0 Å². The van der Waals surface area contributed by atoms with Crippen molar-refractivity contribution in [2.75, 3.05) is 13.2 Å². The SMILES string of the molecule is C=CC(=O)NCCOC(C)OC(=O)C(CC(=O)O)S(=O)(=O)O. The molecule has 0 aromatic rings. The van der Waals surface area contributed by atoms with Gasteiger partial charge in [-0.05, 0) is 13.0 Å². The summed E-state index contributed by atoms with van der Waals surface area (Å²) < 4.78 is 40.3. The monoisotopic (exact) mass is 339 g/mol. The first kappa shape index (κ1) is 20.0. The Morgan fingerprint density at radius 2 is 1.95 bits per heavy atom. The summed E-state index contributed by atoms with van der Waals surface area (Å²) in [5.41, 5.74) is 0. The smallest absolute Gasteiger partial charge is 0.329 e. The van der Waals surface area contributed by atoms with Gasteiger partial charge < -0.3 is 19.9 Å². The molecular formula is C11H17NO9S. The van der Waals surface area contributed by atoms with Crippen LogP contribution in [0.5, 0.6) is 0 Å². The normalized spacial score (nSPS) is 13.7. The summed E-state index contributed by atoms with van der Waals surface area (Å²) in [5, 5.41) is 8.65. The van der Waals surface area contributed by atoms with Crippen LogP contribution < -0.4 is 5.32 Å². The molecule has 3 N–H and O–H groups in total. The Hall–Kier alpha value is -1.98. The fourth-order valence-electron chi connectivity index (χ4n) is 1.21. The first-order valence-electron chi connectivity index (χ1n) is 5.98. The van der Waals surface area contributed by atoms with Gasteiger partial charge in [-0.3, -0.25) is 18.9 Å². The molecule has 0 spiro atoms. The molecule has 0 aliphatic rings. The molecular weight excluding hydrogens is 322 g/mol. The van der Waals surface area contributed by atoms with E-state index >= 15 is 0 Å². The van der Waals surface area contributed by atoms with Crippen LogP contribution in [0.15, 0.2) is 12.7 Å². The van der Waals surface area contributed by atoms with Crippen molar-refractivity contribution < 1.29 is 41.9 Å². The summed E-state index contributed by atoms with van der Waals surface area (Å²) in [5.74, 6) is -3.48. The lowest BCUT2D eigenvalue weighted by Crippen LogP contribution is -2.36. The summed E-state index contributed by atoms with van der Waals surface area (Å²) in [4.78, 5) is 32.8. The minimum absolute atomic E-state index is 0.0521. The number of carboxylic acid groups (broad SMARTS) is 1. The van der Waals surface area contributed by atoms with Crippen LogP contribution in [0.1, 0.15) is 13.3 Å². The van der Waals surface area contributed by atoms with Gasteiger partial charge in [-0.15, -0.1) is 0 Å². The maximum atomic E-state index is 11.5. The number of esters is 1. The zero-order valence-electron chi connectivity index (χ0n) is 11.7. The van der Waals surface area contributed by atoms with Gasteiger partial charge in [-0.1, -0.05) is 6.58 Å². The first-order valence-corrected chi connectivity index (χ1v) is 7.48. The number of rotatable bonds is 10. The molecule has 2 unspecified atom stereocenters. The third-order valence-corrected chi connectivity index (χ3v) is 3.28. The van der Waals surface area contributed by atoms with Crippen LogP contribution in [0.3, 0.4) is 0 Å². The van der Waals surface area contributed by atoms with Crippen molar-refractivity contribution in [1.29, 1.82) is 0 Å². The third kappa shape index (κ3) is 8.34. The van der Waals surface area contributed by atoms with E-state index < -0.39 is 45.9 Å². The minimum atomic E-state index is -4.92. The van der Waals surface area contributed by atoms with Gasteiger partial charge in [0.1, 0.15) is 0 Å². The van der Waals surface area contributed by atoms with Crippen molar-refractivity contribution in [2.24, 2.45) is 0 Å². The maximum Gasteiger partial charge on any atom is 0.329 e. The number of nitrogens with one attached hydrogen (secondary N) is 1. The number of hydrogen-bond acceptors (Lipinski definition) is 7. The van der Waals surface area contributed by atoms with Gasteiger partial charge >= 0.3 is 11.9 Å². The largest absolute Gasteiger partial charge is 0.481 e. The summed E-state index contributed by atoms with van der Waals surface area (Å²) in [6, 6.07) is 0. The van der Waals surface area contributed by atoms with Crippen molar-refractivity contribution in [3.8, 4) is 0 Å². The molecule has 11 heteroatoms. The van der Waals surface area contributed by atoms with Gasteiger partial charge in [0.2, 0.25) is 5.91 Å². The molecule has 0 fully saturated rings. The zero-order chi connectivity index (χ0) is 17.3. The molecule has 0 radical (unpaired) electrons. The van der Waals surface area contributed by atoms with Crippen molar-refractivity contribution in [3.05, 3.63) is 12.7 Å². The van der Waals surface area contributed by atoms with E-state index in [9.17, 15) is 22.8 Å². The van der Waals surface area contributed by atoms with Crippen LogP contribution in [0.2, 0.25) is 0 Å². The number of carboxylic acids is 1. The Morgan fingerprint density at radius 1 is 1.36 bits per heavy atom. The Morgan fingerprint density at radius 3 is 2.41 bits per heavy atom. The van der Waals surface area contributed by atoms with Crippen LogP contribution in [0, 0.1) is 0 Å². The summed E-state index contributed by atoms with van der Waals surface area (Å²) in [6.45, 7) is 4.52. The Bertz CT molecular complexity index is 528. The van der Waals surface area contributed by atoms with E-state index in [1.165, 1.54) is 6.92 Å². The zero-order valence-corrected chi connectivity index (χ0v) is 12.5. The second kappa shape index (κ2) is 9.12. The van der Waals surface area contributed by atoms with Crippen molar-refractivity contribution in [3.63, 3.8) is 0 Å². The number of amides is 1. The minimum Gasteiger partial charge on any atom is -0.481 e. The topological polar surface area (TPSA) is 156 Å². The molecule has 0 aromatic carbocycles. The second-order valence-electron chi connectivity index (χ2n) is 3.97. The molecule has 22 heavy (non-hydrogen) atoms. The van der Waals surface area contributed by atoms with Gasteiger partial charge in [-0.2, -0.15) is 8.42 Å². The molecule has 126 valence electrons. The fourth-order valence-corrected chi connectivity index (χ4v) is 1.87. The highest BCUT2D eigenvalue weighted by Crippen LogP contribution is 2.09. The highest BCUT2D eigenvalue weighted by molar-refractivity contribution is 7.87. The first-order chi connectivity index (χ1) is 10.1. The van der Waals surface area contributed by atoms with Crippen LogP contribution in [0.4, 0.5) is 0 Å². The second-order valence-corrected chi connectivity index (χ2v) is 5.57. The Kier molecular flexibility index (Phi) is 8.30. The molecule has 1 amide bonds. The Labute approximate surface area is 126 Å². The van der Waals surface area contributed by atoms with Crippen LogP contribution >= 0.6 is 0 Å². The molecule has 0 saturated heterocycles. The summed E-state index contributed by atoms with van der Waals surface area (Å²) in [7, 11) is -4.92. The van der Waals surface area contributed by atoms with E-state index in [1.807, 2.05) is 0 Å². The molecule has 0 aliphatic carbocycles. The molecule has 0 saturated carbocycles. The van der Waals surface area contributed by atoms with E-state index in [1.54, 1.807) is 0 Å². The lowest BCUT2D eigenvalue weighted by atomic mass is 10.3. The fraction of sp³-hybridized carbons (Fsp3) is 0.545. The summed E-state index contributed by atoms with van der Waals surface area (Å²) in [6.07, 6.45) is -1.29. The maximum absolute atomic E-state index is 11.5. The number of hydrogen-bond donors (Lipinski definition) is 3. The molecule has 10 nitrogen and oxygen atoms in total. The van der Waals surface area contributed by atoms with E-state index in [0.29, 0.717) is 0 Å². The van der Waals surface area contributed by atoms with Gasteiger partial charge in [0.05, 0.1) is 13.0 Å². The van der Waals surface area contributed by atoms with E-state index in [2.05, 4.69) is 16.6 Å². The quantitative estimate of drug-likeness (QED) is 0.148. The molecule has 0 bridgehead atoms. The highest BCUT2D eigenvalue weighted by atomic mass is 32.2. The van der Waals surface area contributed by atoms with Crippen LogP contribution in [-0.4, -0.2) is 60.6 Å². The number of carbonyl (C=O) groups is 3. The van der Waals surface area contributed by atoms with Gasteiger partial charge in [0, 0.05) is 6.54 Å². The lowest BCUT2D eigenvalue weighted by Gasteiger charge is -2.17. The van der Waals surface area contributed by atoms with Crippen molar-refractivity contribution >= 4 is 28.0 Å². The highest BCUT2D eigenvalue weighted by Gasteiger charge is 2.35. The van der Waals surface area contributed by atoms with Crippen LogP contribution in [0.25, 0.3) is 0 Å². The van der Waals surface area contributed by atoms with Gasteiger partial charge in [0.25, 0.3) is 10.1 Å². The van der Waals surface area contributed by atoms with E-state index in [4.69, 9.17) is 14.4 Å². The van der Waals surface area contributed by atoms with E-state index in [-0.39, 0.29) is 13.2 Å². The standard InChI is InChI=1S/C11H17NO9S/c1-3-9(13)12-4-5-20-7(2)21-11(16)8(6-10(14)15)22(17,18)19/h3,7-8H,1,4-6H2,2H3,(H,12,13)(H,14,15)(H,17,18,19). The van der Waals surface area contributed by atoms with Crippen molar-refractivity contribution in [1.82, 2.24) is 5.32 Å². The molecule has 0 rings (SSSR count). The predicted molar refractivity (Wildman–Crippen MR) is 72.3 cm³/mol. The third-order valence-electron chi connectivity index (χ3n) is 2.20. The lowest BCUT2D eigenvalue weighted by molar-refractivity contribution is -0.175. The number of ether oxygens (including phenoxy) is 2. The molecule has 0 aliphatic heterocycles. The predicted octanol–water partition coefficient (Wildman–Crippen LogP) is -1.07. The summed E-state index contributed by atoms with van der Waals surface area (Å²) >= 11 is 0. The molecule has 2 atom stereocenters. The van der Waals surface area contributed by atoms with E-state index in [0.717, 1.165) is 6.08 Å². The average Bonchev–Trinajstić information content (AvgIpc) is 2.39. The Balaban J connectivity index is 4.39. The average molecular weight is 339 g/mol. The van der Waals surface area contributed by atoms with Crippen molar-refractivity contribution in [2.45, 2.75) is 24.9 Å². The molecule has 0 heterocycles. The van der Waals surface area contributed by atoms with Gasteiger partial charge in [0.15, 0.2) is 11.5 Å². The molecule has 0 aromatic heterocycles. The number of aliphatic carboxylic acids is 1. The van der Waals surface area contributed by atoms with Gasteiger partial charge in [-0.25, -0.2) is 0 Å². The number of carbonyl (C=O) groups excluding carboxylic acids is 2.